The third-order valence-electron chi connectivity index (χ3n) is 2.14. The van der Waals surface area contributed by atoms with Gasteiger partial charge in [-0.25, -0.2) is 0 Å². The van der Waals surface area contributed by atoms with Crippen molar-refractivity contribution in [3.63, 3.8) is 0 Å². The number of hydrogen-bond acceptors (Lipinski definition) is 2. The maximum absolute atomic E-state index is 11.5. The predicted octanol–water partition coefficient (Wildman–Crippen LogP) is 1.84. The summed E-state index contributed by atoms with van der Waals surface area (Å²) < 4.78 is 0. The van der Waals surface area contributed by atoms with Crippen LogP contribution in [0.2, 0.25) is 0 Å². The lowest BCUT2D eigenvalue weighted by atomic mass is 10.1. The Balaban J connectivity index is 3.67. The Morgan fingerprint density at radius 1 is 1.06 bits per heavy atom. The highest BCUT2D eigenvalue weighted by Crippen LogP contribution is 2.01. The Labute approximate surface area is 105 Å². The molecule has 17 heavy (non-hydrogen) atoms. The van der Waals surface area contributed by atoms with Gasteiger partial charge in [-0.05, 0) is 33.1 Å². The molecule has 0 unspecified atom stereocenters. The second-order valence-electron chi connectivity index (χ2n) is 5.83. The van der Waals surface area contributed by atoms with Crippen LogP contribution >= 0.6 is 0 Å². The second kappa shape index (κ2) is 7.30. The Bertz CT molecular complexity index is 255. The molecular weight excluding hydrogens is 216 g/mol. The van der Waals surface area contributed by atoms with Crippen LogP contribution in [0, 0.1) is 5.92 Å². The van der Waals surface area contributed by atoms with Crippen molar-refractivity contribution in [2.45, 2.75) is 59.4 Å². The molecule has 0 fully saturated rings. The first-order valence-corrected chi connectivity index (χ1v) is 6.28. The van der Waals surface area contributed by atoms with Gasteiger partial charge in [0.1, 0.15) is 0 Å². The molecular formula is C13H26N2O2. The molecule has 4 nitrogen and oxygen atoms in total. The quantitative estimate of drug-likeness (QED) is 0.746. The number of nitrogens with one attached hydrogen (secondary N) is 2. The van der Waals surface area contributed by atoms with Gasteiger partial charge in [0.25, 0.3) is 0 Å². The molecule has 0 aliphatic carbocycles. The van der Waals surface area contributed by atoms with Gasteiger partial charge in [0.05, 0.1) is 0 Å². The molecule has 0 saturated carbocycles. The summed E-state index contributed by atoms with van der Waals surface area (Å²) in [5, 5.41) is 5.64. The molecule has 0 aromatic rings. The largest absolute Gasteiger partial charge is 0.356 e. The number of hydrogen-bond donors (Lipinski definition) is 2. The molecule has 0 aliphatic rings. The van der Waals surface area contributed by atoms with Crippen LogP contribution in [0.4, 0.5) is 0 Å². The van der Waals surface area contributed by atoms with E-state index in [1.165, 1.54) is 0 Å². The Morgan fingerprint density at radius 3 is 2.06 bits per heavy atom. The monoisotopic (exact) mass is 242 g/mol. The van der Waals surface area contributed by atoms with Gasteiger partial charge < -0.3 is 10.6 Å². The Hall–Kier alpha value is -1.06. The summed E-state index contributed by atoms with van der Waals surface area (Å²) in [7, 11) is 0. The third kappa shape index (κ3) is 11.2. The molecule has 0 spiro atoms. The molecule has 4 heteroatoms. The highest BCUT2D eigenvalue weighted by atomic mass is 16.2. The first kappa shape index (κ1) is 15.9. The van der Waals surface area contributed by atoms with E-state index in [9.17, 15) is 9.59 Å². The predicted molar refractivity (Wildman–Crippen MR) is 69.6 cm³/mol. The van der Waals surface area contributed by atoms with Crippen molar-refractivity contribution < 1.29 is 9.59 Å². The zero-order valence-electron chi connectivity index (χ0n) is 11.7. The molecule has 0 aromatic carbocycles. The first-order valence-electron chi connectivity index (χ1n) is 6.28. The fraction of sp³-hybridized carbons (Fsp3) is 0.846. The van der Waals surface area contributed by atoms with Crippen molar-refractivity contribution in [1.29, 1.82) is 0 Å². The summed E-state index contributed by atoms with van der Waals surface area (Å²) in [6, 6.07) is 0. The van der Waals surface area contributed by atoms with Crippen LogP contribution in [0.1, 0.15) is 53.9 Å². The lowest BCUT2D eigenvalue weighted by molar-refractivity contribution is -0.127. The molecule has 0 rings (SSSR count). The Morgan fingerprint density at radius 2 is 1.59 bits per heavy atom. The van der Waals surface area contributed by atoms with Crippen LogP contribution in [0.3, 0.4) is 0 Å². The van der Waals surface area contributed by atoms with Gasteiger partial charge in [-0.2, -0.15) is 0 Å². The highest BCUT2D eigenvalue weighted by molar-refractivity contribution is 5.83. The van der Waals surface area contributed by atoms with Gasteiger partial charge in [0, 0.05) is 24.9 Å². The number of rotatable bonds is 6. The lowest BCUT2D eigenvalue weighted by Gasteiger charge is -2.20. The molecule has 0 atom stereocenters. The summed E-state index contributed by atoms with van der Waals surface area (Å²) in [5.74, 6) is 0.464. The van der Waals surface area contributed by atoms with E-state index < -0.39 is 0 Å². The van der Waals surface area contributed by atoms with Crippen molar-refractivity contribution >= 4 is 11.8 Å². The highest BCUT2D eigenvalue weighted by Gasteiger charge is 2.14. The van der Waals surface area contributed by atoms with Crippen LogP contribution in [0.5, 0.6) is 0 Å². The molecule has 0 aliphatic heterocycles. The molecule has 0 bridgehead atoms. The fourth-order valence-electron chi connectivity index (χ4n) is 1.30. The van der Waals surface area contributed by atoms with Crippen molar-refractivity contribution in [2.24, 2.45) is 5.92 Å². The van der Waals surface area contributed by atoms with E-state index in [-0.39, 0.29) is 30.2 Å². The van der Waals surface area contributed by atoms with Gasteiger partial charge in [-0.3, -0.25) is 9.59 Å². The summed E-state index contributed by atoms with van der Waals surface area (Å²) >= 11 is 0. The minimum absolute atomic E-state index is 0.0466. The first-order chi connectivity index (χ1) is 7.70. The lowest BCUT2D eigenvalue weighted by Crippen LogP contribution is -2.41. The standard InChI is InChI=1S/C13H26N2O2/c1-10(2)8-9-14-11(16)6-7-12(17)15-13(3,4)5/h10H,6-9H2,1-5H3,(H,14,16)(H,15,17). The van der Waals surface area contributed by atoms with Crippen molar-refractivity contribution in [1.82, 2.24) is 10.6 Å². The van der Waals surface area contributed by atoms with E-state index in [4.69, 9.17) is 0 Å². The number of amides is 2. The zero-order chi connectivity index (χ0) is 13.5. The van der Waals surface area contributed by atoms with Gasteiger partial charge in [-0.15, -0.1) is 0 Å². The smallest absolute Gasteiger partial charge is 0.220 e. The van der Waals surface area contributed by atoms with Gasteiger partial charge in [0.2, 0.25) is 11.8 Å². The van der Waals surface area contributed by atoms with E-state index in [1.807, 2.05) is 20.8 Å². The zero-order valence-corrected chi connectivity index (χ0v) is 11.7. The van der Waals surface area contributed by atoms with Crippen molar-refractivity contribution in [3.8, 4) is 0 Å². The van der Waals surface area contributed by atoms with Gasteiger partial charge >= 0.3 is 0 Å². The topological polar surface area (TPSA) is 58.2 Å². The van der Waals surface area contributed by atoms with Crippen LogP contribution in [0.15, 0.2) is 0 Å². The maximum atomic E-state index is 11.5. The maximum Gasteiger partial charge on any atom is 0.220 e. The van der Waals surface area contributed by atoms with E-state index >= 15 is 0 Å². The molecule has 2 amide bonds. The summed E-state index contributed by atoms with van der Waals surface area (Å²) in [6.45, 7) is 10.7. The molecule has 0 radical (unpaired) electrons. The molecule has 0 saturated heterocycles. The third-order valence-corrected chi connectivity index (χ3v) is 2.14. The van der Waals surface area contributed by atoms with Crippen molar-refractivity contribution in [2.75, 3.05) is 6.54 Å². The average Bonchev–Trinajstić information content (AvgIpc) is 2.11. The Kier molecular flexibility index (Phi) is 6.85. The molecule has 0 heterocycles. The SMILES string of the molecule is CC(C)CCNC(=O)CCC(=O)NC(C)(C)C. The molecule has 0 aromatic heterocycles. The van der Waals surface area contributed by atoms with Crippen molar-refractivity contribution in [3.05, 3.63) is 0 Å². The summed E-state index contributed by atoms with van der Waals surface area (Å²) in [6.07, 6.45) is 1.49. The number of carbonyl (C=O) groups excluding carboxylic acids is 2. The van der Waals surface area contributed by atoms with E-state index in [0.717, 1.165) is 6.42 Å². The van der Waals surface area contributed by atoms with Crippen LogP contribution < -0.4 is 10.6 Å². The normalized spacial score (nSPS) is 11.4. The van der Waals surface area contributed by atoms with E-state index in [1.54, 1.807) is 0 Å². The second-order valence-corrected chi connectivity index (χ2v) is 5.83. The van der Waals surface area contributed by atoms with E-state index in [2.05, 4.69) is 24.5 Å². The fourth-order valence-corrected chi connectivity index (χ4v) is 1.30. The molecule has 2 N–H and O–H groups in total. The summed E-state index contributed by atoms with van der Waals surface area (Å²) in [5.41, 5.74) is -0.231. The van der Waals surface area contributed by atoms with Crippen LogP contribution in [0.25, 0.3) is 0 Å². The molecule has 100 valence electrons. The van der Waals surface area contributed by atoms with Crippen LogP contribution in [-0.2, 0) is 9.59 Å². The minimum atomic E-state index is -0.231. The van der Waals surface area contributed by atoms with Crippen LogP contribution in [-0.4, -0.2) is 23.9 Å². The van der Waals surface area contributed by atoms with E-state index in [0.29, 0.717) is 12.5 Å². The van der Waals surface area contributed by atoms with Gasteiger partial charge in [-0.1, -0.05) is 13.8 Å². The van der Waals surface area contributed by atoms with Gasteiger partial charge in [0.15, 0.2) is 0 Å². The summed E-state index contributed by atoms with van der Waals surface area (Å²) in [4.78, 5) is 22.9. The number of carbonyl (C=O) groups is 2. The minimum Gasteiger partial charge on any atom is -0.356 e. The average molecular weight is 242 g/mol.